The molecule has 0 rings (SSSR count). The highest BCUT2D eigenvalue weighted by atomic mass is 16.5. The second-order valence-electron chi connectivity index (χ2n) is 3.16. The molecule has 1 amide bonds. The summed E-state index contributed by atoms with van der Waals surface area (Å²) in [6.45, 7) is 9.41. The second kappa shape index (κ2) is 15.1. The van der Waals surface area contributed by atoms with E-state index in [9.17, 15) is 9.59 Å². The molecule has 0 aromatic rings. The summed E-state index contributed by atoms with van der Waals surface area (Å²) in [6, 6.07) is 0. The van der Waals surface area contributed by atoms with E-state index in [1.807, 2.05) is 13.8 Å². The van der Waals surface area contributed by atoms with Gasteiger partial charge in [-0.05, 0) is 6.92 Å². The molecule has 0 aliphatic carbocycles. The van der Waals surface area contributed by atoms with Gasteiger partial charge in [0.25, 0.3) is 0 Å². The fraction of sp³-hybridized carbons (Fsp3) is 0.833. The summed E-state index contributed by atoms with van der Waals surface area (Å²) in [5.74, 6) is 0.0675. The summed E-state index contributed by atoms with van der Waals surface area (Å²) in [5.41, 5.74) is 0. The molecule has 0 bridgehead atoms. The first-order chi connectivity index (χ1) is 8.13. The minimum atomic E-state index is -0.0590. The quantitative estimate of drug-likeness (QED) is 0.627. The van der Waals surface area contributed by atoms with E-state index in [0.717, 1.165) is 0 Å². The van der Waals surface area contributed by atoms with Gasteiger partial charge in [0.05, 0.1) is 26.4 Å². The van der Waals surface area contributed by atoms with Crippen LogP contribution in [0.1, 0.15) is 35.5 Å². The van der Waals surface area contributed by atoms with Gasteiger partial charge in [0.15, 0.2) is 0 Å². The van der Waals surface area contributed by atoms with Crippen LogP contribution >= 0.6 is 0 Å². The predicted molar refractivity (Wildman–Crippen MR) is 69.1 cm³/mol. The molecule has 0 aliphatic heterocycles. The molecule has 5 heteroatoms. The minimum Gasteiger partial charge on any atom is -0.379 e. The topological polar surface area (TPSA) is 64.6 Å². The standard InChI is InChI=1S/C10H19NO4.C2H6.H2/c1-9(12)3-5-14-7-8-15-6-4-11-10(2)13;1-2;/h3-8H2,1-2H3,(H,11,13);1-2H3;1H. The SMILES string of the molecule is CC.CC(=O)CCOCCOCCNC(C)=O.[HH]. The maximum Gasteiger partial charge on any atom is 0.216 e. The van der Waals surface area contributed by atoms with Crippen LogP contribution in [0, 0.1) is 0 Å². The van der Waals surface area contributed by atoms with Gasteiger partial charge in [-0.1, -0.05) is 13.8 Å². The average Bonchev–Trinajstić information content (AvgIpc) is 2.29. The van der Waals surface area contributed by atoms with Gasteiger partial charge in [-0.25, -0.2) is 0 Å². The van der Waals surface area contributed by atoms with E-state index in [-0.39, 0.29) is 13.1 Å². The number of carbonyl (C=O) groups excluding carboxylic acids is 2. The van der Waals surface area contributed by atoms with Gasteiger partial charge >= 0.3 is 0 Å². The van der Waals surface area contributed by atoms with Crippen molar-refractivity contribution < 1.29 is 20.5 Å². The lowest BCUT2D eigenvalue weighted by molar-refractivity contribution is -0.119. The van der Waals surface area contributed by atoms with Crippen molar-refractivity contribution in [3.8, 4) is 0 Å². The van der Waals surface area contributed by atoms with Crippen LogP contribution in [0.4, 0.5) is 0 Å². The summed E-state index contributed by atoms with van der Waals surface area (Å²) in [6.07, 6.45) is 0.450. The molecule has 0 aromatic heterocycles. The van der Waals surface area contributed by atoms with Gasteiger partial charge in [0.2, 0.25) is 5.91 Å². The third-order valence-corrected chi connectivity index (χ3v) is 1.59. The summed E-state index contributed by atoms with van der Waals surface area (Å²) >= 11 is 0. The Morgan fingerprint density at radius 2 is 1.53 bits per heavy atom. The monoisotopic (exact) mass is 249 g/mol. The van der Waals surface area contributed by atoms with E-state index in [1.165, 1.54) is 13.8 Å². The number of ketones is 1. The molecule has 0 saturated heterocycles. The molecule has 0 fully saturated rings. The largest absolute Gasteiger partial charge is 0.379 e. The highest BCUT2D eigenvalue weighted by Gasteiger charge is 1.94. The Morgan fingerprint density at radius 1 is 1.00 bits per heavy atom. The maximum atomic E-state index is 10.5. The molecular weight excluding hydrogens is 222 g/mol. The molecule has 0 saturated carbocycles. The average molecular weight is 249 g/mol. The van der Waals surface area contributed by atoms with E-state index >= 15 is 0 Å². The molecule has 1 N–H and O–H groups in total. The zero-order valence-corrected chi connectivity index (χ0v) is 11.4. The molecule has 0 radical (unpaired) electrons. The molecular formula is C12H27NO4. The number of rotatable bonds is 9. The smallest absolute Gasteiger partial charge is 0.216 e. The number of ether oxygens (including phenoxy) is 2. The van der Waals surface area contributed by atoms with Crippen LogP contribution in [0.3, 0.4) is 0 Å². The van der Waals surface area contributed by atoms with Crippen molar-refractivity contribution in [1.29, 1.82) is 0 Å². The van der Waals surface area contributed by atoms with Crippen LogP contribution in [-0.2, 0) is 19.1 Å². The van der Waals surface area contributed by atoms with E-state index in [2.05, 4.69) is 5.32 Å². The van der Waals surface area contributed by atoms with Gasteiger partial charge in [-0.2, -0.15) is 0 Å². The third kappa shape index (κ3) is 21.0. The number of hydrogen-bond donors (Lipinski definition) is 1. The number of hydrogen-bond acceptors (Lipinski definition) is 4. The molecule has 0 atom stereocenters. The normalized spacial score (nSPS) is 9.18. The maximum absolute atomic E-state index is 10.5. The second-order valence-corrected chi connectivity index (χ2v) is 3.16. The van der Waals surface area contributed by atoms with E-state index in [4.69, 9.17) is 9.47 Å². The first-order valence-electron chi connectivity index (χ1n) is 6.02. The van der Waals surface area contributed by atoms with Crippen molar-refractivity contribution in [2.75, 3.05) is 33.0 Å². The van der Waals surface area contributed by atoms with Gasteiger partial charge in [0.1, 0.15) is 5.78 Å². The minimum absolute atomic E-state index is 0. The van der Waals surface area contributed by atoms with E-state index < -0.39 is 0 Å². The van der Waals surface area contributed by atoms with Crippen molar-refractivity contribution >= 4 is 11.7 Å². The van der Waals surface area contributed by atoms with Gasteiger partial charge in [-0.3, -0.25) is 9.59 Å². The first-order valence-corrected chi connectivity index (χ1v) is 6.02. The Hall–Kier alpha value is -0.940. The molecule has 104 valence electrons. The highest BCUT2D eigenvalue weighted by Crippen LogP contribution is 1.84. The molecule has 0 unspecified atom stereocenters. The van der Waals surface area contributed by atoms with E-state index in [0.29, 0.717) is 39.4 Å². The Balaban J connectivity index is -0.000000709. The molecule has 17 heavy (non-hydrogen) atoms. The molecule has 0 aliphatic rings. The lowest BCUT2D eigenvalue weighted by Gasteiger charge is -2.05. The lowest BCUT2D eigenvalue weighted by atomic mass is 10.3. The summed E-state index contributed by atoms with van der Waals surface area (Å²) in [5, 5.41) is 2.61. The Kier molecular flexibility index (Phi) is 16.3. The number of amides is 1. The van der Waals surface area contributed by atoms with Gasteiger partial charge in [0, 0.05) is 21.3 Å². The van der Waals surface area contributed by atoms with Crippen LogP contribution < -0.4 is 5.32 Å². The van der Waals surface area contributed by atoms with Crippen molar-refractivity contribution in [3.63, 3.8) is 0 Å². The van der Waals surface area contributed by atoms with Crippen LogP contribution in [0.5, 0.6) is 0 Å². The fourth-order valence-electron chi connectivity index (χ4n) is 0.837. The Morgan fingerprint density at radius 3 is 2.00 bits per heavy atom. The molecule has 0 heterocycles. The number of carbonyl (C=O) groups is 2. The first kappa shape index (κ1) is 18.4. The van der Waals surface area contributed by atoms with Crippen LogP contribution in [0.25, 0.3) is 0 Å². The van der Waals surface area contributed by atoms with Crippen LogP contribution in [-0.4, -0.2) is 44.7 Å². The molecule has 0 aromatic carbocycles. The molecule has 5 nitrogen and oxygen atoms in total. The van der Waals surface area contributed by atoms with Crippen molar-refractivity contribution in [2.45, 2.75) is 34.1 Å². The number of Topliss-reactive ketones (excluding diaryl/α,β-unsaturated/α-hetero) is 1. The Labute approximate surface area is 105 Å². The van der Waals surface area contributed by atoms with Crippen LogP contribution in [0.15, 0.2) is 0 Å². The third-order valence-electron chi connectivity index (χ3n) is 1.59. The van der Waals surface area contributed by atoms with Crippen molar-refractivity contribution in [3.05, 3.63) is 0 Å². The van der Waals surface area contributed by atoms with Crippen molar-refractivity contribution in [1.82, 2.24) is 5.32 Å². The van der Waals surface area contributed by atoms with Gasteiger partial charge in [-0.15, -0.1) is 0 Å². The summed E-state index contributed by atoms with van der Waals surface area (Å²) < 4.78 is 10.3. The Bertz CT molecular complexity index is 181. The van der Waals surface area contributed by atoms with Crippen LogP contribution in [0.2, 0.25) is 0 Å². The fourth-order valence-corrected chi connectivity index (χ4v) is 0.837. The molecule has 0 spiro atoms. The van der Waals surface area contributed by atoms with Gasteiger partial charge < -0.3 is 14.8 Å². The zero-order chi connectivity index (χ0) is 13.5. The van der Waals surface area contributed by atoms with Crippen molar-refractivity contribution in [2.24, 2.45) is 0 Å². The summed E-state index contributed by atoms with van der Waals surface area (Å²) in [7, 11) is 0. The number of nitrogens with one attached hydrogen (secondary N) is 1. The highest BCUT2D eigenvalue weighted by molar-refractivity contribution is 5.75. The van der Waals surface area contributed by atoms with E-state index in [1.54, 1.807) is 0 Å². The zero-order valence-electron chi connectivity index (χ0n) is 11.4. The summed E-state index contributed by atoms with van der Waals surface area (Å²) in [4.78, 5) is 21.0. The predicted octanol–water partition coefficient (Wildman–Crippen LogP) is 1.41. The lowest BCUT2D eigenvalue weighted by Crippen LogP contribution is -2.24.